The van der Waals surface area contributed by atoms with Crippen molar-refractivity contribution in [2.75, 3.05) is 7.05 Å². The molecule has 1 heterocycles. The lowest BCUT2D eigenvalue weighted by atomic mass is 10.1. The summed E-state index contributed by atoms with van der Waals surface area (Å²) in [7, 11) is 2.18. The molecule has 3 nitrogen and oxygen atoms in total. The van der Waals surface area contributed by atoms with E-state index >= 15 is 0 Å². The maximum absolute atomic E-state index is 5.85. The van der Waals surface area contributed by atoms with Gasteiger partial charge in [-0.3, -0.25) is 4.90 Å². The summed E-state index contributed by atoms with van der Waals surface area (Å²) in [6.07, 6.45) is 2.68. The Kier molecular flexibility index (Phi) is 3.83. The quantitative estimate of drug-likeness (QED) is 0.870. The molecule has 1 saturated carbocycles. The molecule has 18 heavy (non-hydrogen) atoms. The fourth-order valence-corrected chi connectivity index (χ4v) is 2.09. The van der Waals surface area contributed by atoms with Crippen molar-refractivity contribution in [3.63, 3.8) is 0 Å². The van der Waals surface area contributed by atoms with Crippen molar-refractivity contribution in [2.45, 2.75) is 65.2 Å². The summed E-state index contributed by atoms with van der Waals surface area (Å²) in [6, 6.07) is 2.99. The first-order valence-corrected chi connectivity index (χ1v) is 6.88. The Morgan fingerprint density at radius 2 is 2.06 bits per heavy atom. The number of nitrogens with one attached hydrogen (secondary N) is 1. The number of nitrogens with zero attached hydrogens (tertiary/aromatic N) is 1. The highest BCUT2D eigenvalue weighted by Crippen LogP contribution is 2.27. The molecule has 1 N–H and O–H groups in total. The molecule has 1 aliphatic rings. The average molecular weight is 250 g/mol. The molecule has 2 rings (SSSR count). The standard InChI is InChI=1S/C15H26N2O/c1-11-12(9-16-15(2,3)4)8-14(18-11)10-17(5)13-6-7-13/h8,13,16H,6-7,9-10H2,1-5H3. The van der Waals surface area contributed by atoms with Crippen LogP contribution in [-0.2, 0) is 13.1 Å². The summed E-state index contributed by atoms with van der Waals surface area (Å²) in [5, 5.41) is 3.51. The molecule has 0 aliphatic heterocycles. The first-order chi connectivity index (χ1) is 8.35. The van der Waals surface area contributed by atoms with E-state index in [1.54, 1.807) is 0 Å². The van der Waals surface area contributed by atoms with Gasteiger partial charge in [0.1, 0.15) is 11.5 Å². The summed E-state index contributed by atoms with van der Waals surface area (Å²) >= 11 is 0. The third kappa shape index (κ3) is 3.85. The van der Waals surface area contributed by atoms with Gasteiger partial charge in [0.2, 0.25) is 0 Å². The van der Waals surface area contributed by atoms with Crippen molar-refractivity contribution in [1.82, 2.24) is 10.2 Å². The van der Waals surface area contributed by atoms with Crippen LogP contribution in [0.2, 0.25) is 0 Å². The maximum Gasteiger partial charge on any atom is 0.118 e. The topological polar surface area (TPSA) is 28.4 Å². The van der Waals surface area contributed by atoms with Gasteiger partial charge in [-0.05, 0) is 53.7 Å². The second-order valence-electron chi connectivity index (χ2n) is 6.54. The van der Waals surface area contributed by atoms with Gasteiger partial charge in [-0.1, -0.05) is 0 Å². The Hall–Kier alpha value is -0.800. The highest BCUT2D eigenvalue weighted by molar-refractivity contribution is 5.21. The van der Waals surface area contributed by atoms with Crippen molar-refractivity contribution in [2.24, 2.45) is 0 Å². The van der Waals surface area contributed by atoms with Gasteiger partial charge in [-0.15, -0.1) is 0 Å². The Bertz CT molecular complexity index is 399. The Morgan fingerprint density at radius 3 is 2.61 bits per heavy atom. The fraction of sp³-hybridized carbons (Fsp3) is 0.733. The first kappa shape index (κ1) is 13.6. The zero-order chi connectivity index (χ0) is 13.3. The van der Waals surface area contributed by atoms with Crippen LogP contribution in [0.4, 0.5) is 0 Å². The third-order valence-corrected chi connectivity index (χ3v) is 3.46. The van der Waals surface area contributed by atoms with Gasteiger partial charge in [-0.2, -0.15) is 0 Å². The Balaban J connectivity index is 1.93. The van der Waals surface area contributed by atoms with E-state index in [-0.39, 0.29) is 5.54 Å². The van der Waals surface area contributed by atoms with Crippen molar-refractivity contribution in [3.05, 3.63) is 23.2 Å². The molecule has 1 aromatic rings. The van der Waals surface area contributed by atoms with Crippen LogP contribution in [0.1, 0.15) is 50.7 Å². The molecule has 3 heteroatoms. The van der Waals surface area contributed by atoms with Gasteiger partial charge < -0.3 is 9.73 Å². The van der Waals surface area contributed by atoms with Crippen molar-refractivity contribution >= 4 is 0 Å². The lowest BCUT2D eigenvalue weighted by Gasteiger charge is -2.20. The summed E-state index contributed by atoms with van der Waals surface area (Å²) in [5.41, 5.74) is 1.43. The highest BCUT2D eigenvalue weighted by atomic mass is 16.3. The molecule has 0 amide bonds. The lowest BCUT2D eigenvalue weighted by molar-refractivity contribution is 0.283. The maximum atomic E-state index is 5.85. The minimum absolute atomic E-state index is 0.147. The SMILES string of the molecule is Cc1oc(CN(C)C2CC2)cc1CNC(C)(C)C. The fourth-order valence-electron chi connectivity index (χ4n) is 2.09. The number of rotatable bonds is 5. The van der Waals surface area contributed by atoms with E-state index in [1.165, 1.54) is 18.4 Å². The first-order valence-electron chi connectivity index (χ1n) is 6.88. The molecule has 0 spiro atoms. The lowest BCUT2D eigenvalue weighted by Crippen LogP contribution is -2.35. The van der Waals surface area contributed by atoms with Crippen LogP contribution in [0.3, 0.4) is 0 Å². The molecule has 1 aliphatic carbocycles. The largest absolute Gasteiger partial charge is 0.465 e. The van der Waals surface area contributed by atoms with Gasteiger partial charge in [0.05, 0.1) is 6.54 Å². The van der Waals surface area contributed by atoms with E-state index in [0.717, 1.165) is 30.7 Å². The monoisotopic (exact) mass is 250 g/mol. The third-order valence-electron chi connectivity index (χ3n) is 3.46. The van der Waals surface area contributed by atoms with Crippen molar-refractivity contribution < 1.29 is 4.42 Å². The molecule has 0 unspecified atom stereocenters. The van der Waals surface area contributed by atoms with Crippen LogP contribution in [0, 0.1) is 6.92 Å². The second-order valence-corrected chi connectivity index (χ2v) is 6.54. The van der Waals surface area contributed by atoms with Gasteiger partial charge >= 0.3 is 0 Å². The molecule has 0 bridgehead atoms. The molecule has 0 saturated heterocycles. The number of hydrogen-bond donors (Lipinski definition) is 1. The summed E-state index contributed by atoms with van der Waals surface area (Å²) in [5.74, 6) is 2.14. The average Bonchev–Trinajstić information content (AvgIpc) is 3.01. The number of furan rings is 1. The molecule has 0 radical (unpaired) electrons. The highest BCUT2D eigenvalue weighted by Gasteiger charge is 2.26. The molecule has 102 valence electrons. The van der Waals surface area contributed by atoms with Gasteiger partial charge in [0, 0.05) is 23.7 Å². The van der Waals surface area contributed by atoms with E-state index in [9.17, 15) is 0 Å². The minimum Gasteiger partial charge on any atom is -0.465 e. The summed E-state index contributed by atoms with van der Waals surface area (Å²) < 4.78 is 5.85. The zero-order valence-electron chi connectivity index (χ0n) is 12.3. The van der Waals surface area contributed by atoms with Crippen molar-refractivity contribution in [1.29, 1.82) is 0 Å². The van der Waals surface area contributed by atoms with E-state index in [4.69, 9.17) is 4.42 Å². The van der Waals surface area contributed by atoms with Crippen LogP contribution in [-0.4, -0.2) is 23.5 Å². The molecule has 0 atom stereocenters. The molecular weight excluding hydrogens is 224 g/mol. The molecule has 1 fully saturated rings. The van der Waals surface area contributed by atoms with E-state index in [0.29, 0.717) is 0 Å². The van der Waals surface area contributed by atoms with Gasteiger partial charge in [0.25, 0.3) is 0 Å². The van der Waals surface area contributed by atoms with Crippen LogP contribution < -0.4 is 5.32 Å². The molecular formula is C15H26N2O. The van der Waals surface area contributed by atoms with Crippen LogP contribution in [0.5, 0.6) is 0 Å². The smallest absolute Gasteiger partial charge is 0.118 e. The molecule has 1 aromatic heterocycles. The summed E-state index contributed by atoms with van der Waals surface area (Å²) in [4.78, 5) is 2.39. The van der Waals surface area contributed by atoms with E-state index in [1.807, 2.05) is 0 Å². The van der Waals surface area contributed by atoms with Gasteiger partial charge in [0.15, 0.2) is 0 Å². The van der Waals surface area contributed by atoms with E-state index < -0.39 is 0 Å². The second kappa shape index (κ2) is 5.06. The number of hydrogen-bond acceptors (Lipinski definition) is 3. The summed E-state index contributed by atoms with van der Waals surface area (Å²) in [6.45, 7) is 10.4. The van der Waals surface area contributed by atoms with Crippen LogP contribution >= 0.6 is 0 Å². The van der Waals surface area contributed by atoms with Crippen molar-refractivity contribution in [3.8, 4) is 0 Å². The zero-order valence-corrected chi connectivity index (χ0v) is 12.3. The molecule has 0 aromatic carbocycles. The van der Waals surface area contributed by atoms with Gasteiger partial charge in [-0.25, -0.2) is 0 Å². The number of aryl methyl sites for hydroxylation is 1. The predicted octanol–water partition coefficient (Wildman–Crippen LogP) is 3.07. The Morgan fingerprint density at radius 1 is 1.39 bits per heavy atom. The van der Waals surface area contributed by atoms with Crippen LogP contribution in [0.15, 0.2) is 10.5 Å². The van der Waals surface area contributed by atoms with Crippen LogP contribution in [0.25, 0.3) is 0 Å². The normalized spacial score (nSPS) is 16.6. The van der Waals surface area contributed by atoms with E-state index in [2.05, 4.69) is 51.0 Å². The minimum atomic E-state index is 0.147. The Labute approximate surface area is 111 Å². The predicted molar refractivity (Wildman–Crippen MR) is 74.5 cm³/mol.